The normalized spacial score (nSPS) is 12.6. The van der Waals surface area contributed by atoms with Gasteiger partial charge in [-0.25, -0.2) is 22.7 Å². The highest BCUT2D eigenvalue weighted by molar-refractivity contribution is 7.91. The van der Waals surface area contributed by atoms with Crippen LogP contribution in [0.4, 0.5) is 0 Å². The van der Waals surface area contributed by atoms with E-state index in [1.54, 1.807) is 17.4 Å². The highest BCUT2D eigenvalue weighted by atomic mass is 32.2. The standard InChI is InChI=1S/C16H25N5O2S3/c1-5-17-16(18-9-8-14-19-10-12(2)24-14)20-11-13-6-7-15(25-13)26(22,23)21(3)4/h6-7,10H,5,8-9,11H2,1-4H3,(H2,17,18,20). The average molecular weight is 416 g/mol. The first-order valence-corrected chi connectivity index (χ1v) is 11.3. The number of hydrogen-bond acceptors (Lipinski definition) is 6. The van der Waals surface area contributed by atoms with Crippen molar-refractivity contribution in [2.24, 2.45) is 4.99 Å². The number of rotatable bonds is 8. The molecule has 2 rings (SSSR count). The number of aliphatic imine (C=N–C) groups is 1. The van der Waals surface area contributed by atoms with Gasteiger partial charge in [0, 0.05) is 49.6 Å². The van der Waals surface area contributed by atoms with Crippen LogP contribution >= 0.6 is 22.7 Å². The third-order valence-electron chi connectivity index (χ3n) is 3.41. The lowest BCUT2D eigenvalue weighted by atomic mass is 10.4. The van der Waals surface area contributed by atoms with Gasteiger partial charge in [0.2, 0.25) is 0 Å². The van der Waals surface area contributed by atoms with Gasteiger partial charge >= 0.3 is 0 Å². The molecule has 0 fully saturated rings. The number of aromatic nitrogens is 1. The van der Waals surface area contributed by atoms with Crippen LogP contribution < -0.4 is 10.6 Å². The number of aryl methyl sites for hydroxylation is 1. The van der Waals surface area contributed by atoms with Crippen molar-refractivity contribution in [1.29, 1.82) is 0 Å². The number of sulfonamides is 1. The monoisotopic (exact) mass is 415 g/mol. The molecule has 7 nitrogen and oxygen atoms in total. The van der Waals surface area contributed by atoms with Crippen LogP contribution in [0.5, 0.6) is 0 Å². The van der Waals surface area contributed by atoms with E-state index in [1.807, 2.05) is 26.1 Å². The molecule has 0 bridgehead atoms. The second kappa shape index (κ2) is 9.45. The first-order chi connectivity index (χ1) is 12.3. The molecule has 0 aliphatic rings. The van der Waals surface area contributed by atoms with Crippen molar-refractivity contribution in [3.8, 4) is 0 Å². The number of guanidine groups is 1. The topological polar surface area (TPSA) is 86.7 Å². The lowest BCUT2D eigenvalue weighted by molar-refractivity contribution is 0.523. The maximum atomic E-state index is 12.1. The van der Waals surface area contributed by atoms with Crippen LogP contribution in [0.1, 0.15) is 21.7 Å². The van der Waals surface area contributed by atoms with E-state index in [4.69, 9.17) is 0 Å². The van der Waals surface area contributed by atoms with E-state index in [1.165, 1.54) is 34.6 Å². The van der Waals surface area contributed by atoms with Crippen LogP contribution in [0.15, 0.2) is 27.5 Å². The quantitative estimate of drug-likeness (QED) is 0.509. The first kappa shape index (κ1) is 20.8. The Bertz CT molecular complexity index is 840. The molecular formula is C16H25N5O2S3. The molecule has 0 saturated heterocycles. The highest BCUT2D eigenvalue weighted by Gasteiger charge is 2.19. The Morgan fingerprint density at radius 3 is 2.65 bits per heavy atom. The van der Waals surface area contributed by atoms with Crippen LogP contribution in [-0.4, -0.2) is 50.9 Å². The predicted molar refractivity (Wildman–Crippen MR) is 109 cm³/mol. The Morgan fingerprint density at radius 2 is 2.04 bits per heavy atom. The second-order valence-corrected chi connectivity index (χ2v) is 10.6. The van der Waals surface area contributed by atoms with Gasteiger partial charge in [-0.2, -0.15) is 0 Å². The maximum absolute atomic E-state index is 12.1. The molecule has 0 spiro atoms. The van der Waals surface area contributed by atoms with E-state index >= 15 is 0 Å². The molecule has 0 amide bonds. The van der Waals surface area contributed by atoms with Crippen molar-refractivity contribution < 1.29 is 8.42 Å². The van der Waals surface area contributed by atoms with Crippen molar-refractivity contribution in [3.63, 3.8) is 0 Å². The third kappa shape index (κ3) is 5.76. The molecule has 0 aromatic carbocycles. The molecule has 2 heterocycles. The molecule has 0 saturated carbocycles. The maximum Gasteiger partial charge on any atom is 0.252 e. The molecule has 0 radical (unpaired) electrons. The first-order valence-electron chi connectivity index (χ1n) is 8.27. The molecule has 0 atom stereocenters. The van der Waals surface area contributed by atoms with Gasteiger partial charge < -0.3 is 10.6 Å². The van der Waals surface area contributed by atoms with Crippen molar-refractivity contribution >= 4 is 38.7 Å². The summed E-state index contributed by atoms with van der Waals surface area (Å²) in [4.78, 5) is 11.0. The average Bonchev–Trinajstić information content (AvgIpc) is 3.22. The smallest absolute Gasteiger partial charge is 0.252 e. The Labute approximate surface area is 163 Å². The zero-order valence-electron chi connectivity index (χ0n) is 15.4. The van der Waals surface area contributed by atoms with E-state index < -0.39 is 10.0 Å². The summed E-state index contributed by atoms with van der Waals surface area (Å²) < 4.78 is 25.8. The Morgan fingerprint density at radius 1 is 1.27 bits per heavy atom. The van der Waals surface area contributed by atoms with Crippen LogP contribution in [0.25, 0.3) is 0 Å². The van der Waals surface area contributed by atoms with Gasteiger partial charge in [0.1, 0.15) is 4.21 Å². The molecule has 0 aliphatic heterocycles. The number of thiophene rings is 1. The van der Waals surface area contributed by atoms with E-state index in [0.29, 0.717) is 16.7 Å². The van der Waals surface area contributed by atoms with Gasteiger partial charge in [0.05, 0.1) is 11.6 Å². The third-order valence-corrected chi connectivity index (χ3v) is 7.73. The zero-order chi connectivity index (χ0) is 19.2. The molecule has 0 unspecified atom stereocenters. The molecular weight excluding hydrogens is 390 g/mol. The molecule has 10 heteroatoms. The second-order valence-electron chi connectivity index (χ2n) is 5.74. The molecule has 2 aromatic rings. The largest absolute Gasteiger partial charge is 0.357 e. The van der Waals surface area contributed by atoms with Crippen molar-refractivity contribution in [1.82, 2.24) is 19.9 Å². The van der Waals surface area contributed by atoms with Gasteiger partial charge in [-0.1, -0.05) is 0 Å². The number of thiazole rings is 1. The SMILES string of the molecule is CCNC(=NCc1ccc(S(=O)(=O)N(C)C)s1)NCCc1ncc(C)s1. The highest BCUT2D eigenvalue weighted by Crippen LogP contribution is 2.24. The summed E-state index contributed by atoms with van der Waals surface area (Å²) in [5, 5.41) is 7.59. The fraction of sp³-hybridized carbons (Fsp3) is 0.500. The predicted octanol–water partition coefficient (Wildman–Crippen LogP) is 2.06. The summed E-state index contributed by atoms with van der Waals surface area (Å²) in [6.07, 6.45) is 2.72. The van der Waals surface area contributed by atoms with E-state index in [9.17, 15) is 8.42 Å². The fourth-order valence-electron chi connectivity index (χ4n) is 2.07. The summed E-state index contributed by atoms with van der Waals surface area (Å²) in [6.45, 7) is 5.98. The van der Waals surface area contributed by atoms with Gasteiger partial charge in [-0.15, -0.1) is 22.7 Å². The zero-order valence-corrected chi connectivity index (χ0v) is 17.9. The minimum absolute atomic E-state index is 0.338. The van der Waals surface area contributed by atoms with E-state index in [2.05, 4.69) is 20.6 Å². The van der Waals surface area contributed by atoms with Crippen LogP contribution in [0, 0.1) is 6.92 Å². The molecule has 2 aromatic heterocycles. The Balaban J connectivity index is 1.95. The van der Waals surface area contributed by atoms with Crippen molar-refractivity contribution in [3.05, 3.63) is 33.1 Å². The minimum atomic E-state index is -3.38. The number of nitrogens with zero attached hydrogens (tertiary/aromatic N) is 3. The van der Waals surface area contributed by atoms with Crippen molar-refractivity contribution in [2.75, 3.05) is 27.2 Å². The van der Waals surface area contributed by atoms with Gasteiger partial charge in [-0.3, -0.25) is 0 Å². The lowest BCUT2D eigenvalue weighted by Gasteiger charge is -2.10. The number of hydrogen-bond donors (Lipinski definition) is 2. The molecule has 26 heavy (non-hydrogen) atoms. The van der Waals surface area contributed by atoms with Crippen LogP contribution in [0.3, 0.4) is 0 Å². The summed E-state index contributed by atoms with van der Waals surface area (Å²) >= 11 is 2.95. The molecule has 144 valence electrons. The van der Waals surface area contributed by atoms with Gasteiger partial charge in [0.15, 0.2) is 5.96 Å². The fourth-order valence-corrected chi connectivity index (χ4v) is 5.30. The van der Waals surface area contributed by atoms with E-state index in [0.717, 1.165) is 29.4 Å². The van der Waals surface area contributed by atoms with Crippen LogP contribution in [-0.2, 0) is 23.0 Å². The van der Waals surface area contributed by atoms with Crippen molar-refractivity contribution in [2.45, 2.75) is 31.0 Å². The Kier molecular flexibility index (Phi) is 7.56. The summed E-state index contributed by atoms with van der Waals surface area (Å²) in [6, 6.07) is 3.45. The minimum Gasteiger partial charge on any atom is -0.357 e. The molecule has 0 aliphatic carbocycles. The number of nitrogens with one attached hydrogen (secondary N) is 2. The summed E-state index contributed by atoms with van der Waals surface area (Å²) in [5.74, 6) is 0.714. The summed E-state index contributed by atoms with van der Waals surface area (Å²) in [7, 11) is -0.318. The van der Waals surface area contributed by atoms with E-state index in [-0.39, 0.29) is 0 Å². The van der Waals surface area contributed by atoms with Crippen LogP contribution in [0.2, 0.25) is 0 Å². The Hall–Kier alpha value is -1.49. The molecule has 2 N–H and O–H groups in total. The summed E-state index contributed by atoms with van der Waals surface area (Å²) in [5.41, 5.74) is 0. The lowest BCUT2D eigenvalue weighted by Crippen LogP contribution is -2.38. The van der Waals surface area contributed by atoms with Gasteiger partial charge in [0.25, 0.3) is 10.0 Å². The van der Waals surface area contributed by atoms with Gasteiger partial charge in [-0.05, 0) is 26.0 Å².